The van der Waals surface area contributed by atoms with Gasteiger partial charge in [-0.25, -0.2) is 0 Å². The highest BCUT2D eigenvalue weighted by molar-refractivity contribution is 5.63. The fraction of sp³-hybridized carbons (Fsp3) is 0.500. The SMILES string of the molecule is C=C(C)c1cc(CCC)cc(OC(C)(C)C)c1. The third kappa shape index (κ3) is 4.64. The van der Waals surface area contributed by atoms with Crippen LogP contribution in [0.3, 0.4) is 0 Å². The Labute approximate surface area is 106 Å². The second-order valence-corrected chi connectivity index (χ2v) is 5.61. The molecule has 17 heavy (non-hydrogen) atoms. The van der Waals surface area contributed by atoms with E-state index in [1.54, 1.807) is 0 Å². The highest BCUT2D eigenvalue weighted by atomic mass is 16.5. The Bertz CT molecular complexity index is 396. The van der Waals surface area contributed by atoms with Crippen molar-refractivity contribution < 1.29 is 4.74 Å². The number of allylic oxidation sites excluding steroid dienone is 1. The van der Waals surface area contributed by atoms with Crippen LogP contribution >= 0.6 is 0 Å². The van der Waals surface area contributed by atoms with Gasteiger partial charge >= 0.3 is 0 Å². The molecule has 0 aliphatic carbocycles. The van der Waals surface area contributed by atoms with Crippen molar-refractivity contribution in [1.29, 1.82) is 0 Å². The molecule has 0 atom stereocenters. The summed E-state index contributed by atoms with van der Waals surface area (Å²) in [6, 6.07) is 6.43. The van der Waals surface area contributed by atoms with Crippen LogP contribution in [-0.4, -0.2) is 5.60 Å². The summed E-state index contributed by atoms with van der Waals surface area (Å²) < 4.78 is 5.94. The van der Waals surface area contributed by atoms with Gasteiger partial charge in [0.15, 0.2) is 0 Å². The fourth-order valence-electron chi connectivity index (χ4n) is 1.75. The van der Waals surface area contributed by atoms with Crippen molar-refractivity contribution in [3.8, 4) is 5.75 Å². The lowest BCUT2D eigenvalue weighted by Gasteiger charge is -2.22. The summed E-state index contributed by atoms with van der Waals surface area (Å²) in [6.45, 7) is 14.4. The summed E-state index contributed by atoms with van der Waals surface area (Å²) in [5.41, 5.74) is 3.43. The molecule has 1 nitrogen and oxygen atoms in total. The molecule has 1 aromatic rings. The molecule has 1 heteroatoms. The van der Waals surface area contributed by atoms with E-state index in [0.29, 0.717) is 0 Å². The second kappa shape index (κ2) is 5.39. The first-order valence-corrected chi connectivity index (χ1v) is 6.30. The van der Waals surface area contributed by atoms with Gasteiger partial charge in [0.2, 0.25) is 0 Å². The van der Waals surface area contributed by atoms with Gasteiger partial charge in [-0.3, -0.25) is 0 Å². The molecule has 0 unspecified atom stereocenters. The number of ether oxygens (including phenoxy) is 1. The Morgan fingerprint density at radius 2 is 1.88 bits per heavy atom. The Hall–Kier alpha value is -1.24. The van der Waals surface area contributed by atoms with E-state index in [1.165, 1.54) is 11.1 Å². The molecule has 1 aromatic carbocycles. The van der Waals surface area contributed by atoms with Crippen molar-refractivity contribution in [2.24, 2.45) is 0 Å². The lowest BCUT2D eigenvalue weighted by molar-refractivity contribution is 0.131. The zero-order valence-corrected chi connectivity index (χ0v) is 11.8. The van der Waals surface area contributed by atoms with Crippen LogP contribution in [0.2, 0.25) is 0 Å². The van der Waals surface area contributed by atoms with Crippen LogP contribution in [0.25, 0.3) is 5.57 Å². The third-order valence-electron chi connectivity index (χ3n) is 2.42. The zero-order valence-electron chi connectivity index (χ0n) is 11.8. The maximum Gasteiger partial charge on any atom is 0.120 e. The topological polar surface area (TPSA) is 9.23 Å². The summed E-state index contributed by atoms with van der Waals surface area (Å²) >= 11 is 0. The quantitative estimate of drug-likeness (QED) is 0.721. The molecule has 0 fully saturated rings. The first-order valence-electron chi connectivity index (χ1n) is 6.30. The van der Waals surface area contributed by atoms with Crippen molar-refractivity contribution in [3.63, 3.8) is 0 Å². The second-order valence-electron chi connectivity index (χ2n) is 5.61. The van der Waals surface area contributed by atoms with Gasteiger partial charge in [-0.15, -0.1) is 0 Å². The zero-order chi connectivity index (χ0) is 13.1. The van der Waals surface area contributed by atoms with Gasteiger partial charge in [-0.1, -0.05) is 31.6 Å². The number of hydrogen-bond donors (Lipinski definition) is 0. The van der Waals surface area contributed by atoms with Crippen LogP contribution in [0.1, 0.15) is 52.2 Å². The number of hydrogen-bond acceptors (Lipinski definition) is 1. The Balaban J connectivity index is 3.07. The molecule has 94 valence electrons. The molecular formula is C16H24O. The Morgan fingerprint density at radius 1 is 1.24 bits per heavy atom. The van der Waals surface area contributed by atoms with Gasteiger partial charge in [0.1, 0.15) is 11.4 Å². The van der Waals surface area contributed by atoms with Gasteiger partial charge in [-0.05, 0) is 57.4 Å². The van der Waals surface area contributed by atoms with Crippen LogP contribution in [0, 0.1) is 0 Å². The standard InChI is InChI=1S/C16H24O/c1-7-8-13-9-14(12(2)3)11-15(10-13)17-16(4,5)6/h9-11H,2,7-8H2,1,3-6H3. The minimum absolute atomic E-state index is 0.156. The van der Waals surface area contributed by atoms with Crippen LogP contribution in [0.4, 0.5) is 0 Å². The van der Waals surface area contributed by atoms with E-state index in [1.807, 2.05) is 6.92 Å². The molecule has 0 spiro atoms. The van der Waals surface area contributed by atoms with E-state index in [-0.39, 0.29) is 5.60 Å². The first kappa shape index (κ1) is 13.8. The number of rotatable bonds is 4. The summed E-state index contributed by atoms with van der Waals surface area (Å²) in [5, 5.41) is 0. The molecule has 0 amide bonds. The van der Waals surface area contributed by atoms with Crippen molar-refractivity contribution in [1.82, 2.24) is 0 Å². The normalized spacial score (nSPS) is 11.4. The van der Waals surface area contributed by atoms with Gasteiger partial charge in [0, 0.05) is 0 Å². The van der Waals surface area contributed by atoms with Gasteiger partial charge in [0.25, 0.3) is 0 Å². The average Bonchev–Trinajstić information content (AvgIpc) is 2.14. The monoisotopic (exact) mass is 232 g/mol. The molecule has 0 aromatic heterocycles. The molecule has 0 saturated heterocycles. The largest absolute Gasteiger partial charge is 0.488 e. The van der Waals surface area contributed by atoms with E-state index in [2.05, 4.69) is 52.5 Å². The van der Waals surface area contributed by atoms with Crippen molar-refractivity contribution in [2.75, 3.05) is 0 Å². The molecule has 0 aliphatic rings. The van der Waals surface area contributed by atoms with Crippen molar-refractivity contribution >= 4 is 5.57 Å². The lowest BCUT2D eigenvalue weighted by atomic mass is 10.0. The summed E-state index contributed by atoms with van der Waals surface area (Å²) in [7, 11) is 0. The van der Waals surface area contributed by atoms with E-state index < -0.39 is 0 Å². The summed E-state index contributed by atoms with van der Waals surface area (Å²) in [4.78, 5) is 0. The van der Waals surface area contributed by atoms with E-state index in [4.69, 9.17) is 4.74 Å². The molecule has 1 rings (SSSR count). The summed E-state index contributed by atoms with van der Waals surface area (Å²) in [5.74, 6) is 0.946. The van der Waals surface area contributed by atoms with Crippen molar-refractivity contribution in [3.05, 3.63) is 35.9 Å². The van der Waals surface area contributed by atoms with Gasteiger partial charge in [-0.2, -0.15) is 0 Å². The smallest absolute Gasteiger partial charge is 0.120 e. The minimum atomic E-state index is -0.156. The maximum atomic E-state index is 5.94. The number of aryl methyl sites for hydroxylation is 1. The van der Waals surface area contributed by atoms with Crippen molar-refractivity contribution in [2.45, 2.75) is 53.1 Å². The number of benzene rings is 1. The molecule has 0 heterocycles. The molecule has 0 bridgehead atoms. The molecule has 0 saturated carbocycles. The van der Waals surface area contributed by atoms with Crippen LogP contribution < -0.4 is 4.74 Å². The average molecular weight is 232 g/mol. The van der Waals surface area contributed by atoms with Crippen LogP contribution in [-0.2, 0) is 6.42 Å². The predicted octanol–water partition coefficient (Wildman–Crippen LogP) is 4.85. The van der Waals surface area contributed by atoms with Gasteiger partial charge < -0.3 is 4.74 Å². The third-order valence-corrected chi connectivity index (χ3v) is 2.42. The highest BCUT2D eigenvalue weighted by Crippen LogP contribution is 2.25. The molecule has 0 N–H and O–H groups in total. The highest BCUT2D eigenvalue weighted by Gasteiger charge is 2.13. The fourth-order valence-corrected chi connectivity index (χ4v) is 1.75. The Kier molecular flexibility index (Phi) is 4.39. The minimum Gasteiger partial charge on any atom is -0.488 e. The van der Waals surface area contributed by atoms with Crippen LogP contribution in [0.15, 0.2) is 24.8 Å². The predicted molar refractivity (Wildman–Crippen MR) is 75.5 cm³/mol. The summed E-state index contributed by atoms with van der Waals surface area (Å²) in [6.07, 6.45) is 2.23. The molecule has 0 aliphatic heterocycles. The first-order chi connectivity index (χ1) is 7.81. The van der Waals surface area contributed by atoms with E-state index in [0.717, 1.165) is 24.2 Å². The Morgan fingerprint density at radius 3 is 2.35 bits per heavy atom. The van der Waals surface area contributed by atoms with E-state index >= 15 is 0 Å². The molecule has 0 radical (unpaired) electrons. The van der Waals surface area contributed by atoms with Crippen LogP contribution in [0.5, 0.6) is 5.75 Å². The van der Waals surface area contributed by atoms with E-state index in [9.17, 15) is 0 Å². The molecular weight excluding hydrogens is 208 g/mol. The maximum absolute atomic E-state index is 5.94. The van der Waals surface area contributed by atoms with Gasteiger partial charge in [0.05, 0.1) is 0 Å². The lowest BCUT2D eigenvalue weighted by Crippen LogP contribution is -2.23.